The summed E-state index contributed by atoms with van der Waals surface area (Å²) in [7, 11) is 1.82. The van der Waals surface area contributed by atoms with Gasteiger partial charge in [0.25, 0.3) is 5.91 Å². The zero-order chi connectivity index (χ0) is 15.3. The number of rotatable bonds is 4. The third kappa shape index (κ3) is 4.24. The average Bonchev–Trinajstić information content (AvgIpc) is 2.42. The van der Waals surface area contributed by atoms with Gasteiger partial charge >= 0.3 is 0 Å². The molecule has 1 heterocycles. The molecule has 0 saturated carbocycles. The van der Waals surface area contributed by atoms with E-state index in [1.807, 2.05) is 32.7 Å². The summed E-state index contributed by atoms with van der Waals surface area (Å²) in [5.74, 6) is 0.0916. The van der Waals surface area contributed by atoms with E-state index in [1.165, 1.54) is 0 Å². The molecule has 1 fully saturated rings. The van der Waals surface area contributed by atoms with E-state index in [4.69, 9.17) is 0 Å². The van der Waals surface area contributed by atoms with Crippen LogP contribution in [0.2, 0.25) is 0 Å². The van der Waals surface area contributed by atoms with Crippen molar-refractivity contribution in [3.63, 3.8) is 0 Å². The largest absolute Gasteiger partial charge is 0.339 e. The first-order valence-corrected chi connectivity index (χ1v) is 7.46. The van der Waals surface area contributed by atoms with Crippen molar-refractivity contribution in [2.24, 2.45) is 5.92 Å². The third-order valence-corrected chi connectivity index (χ3v) is 3.79. The van der Waals surface area contributed by atoms with E-state index in [0.717, 1.165) is 0 Å². The van der Waals surface area contributed by atoms with E-state index in [0.29, 0.717) is 31.1 Å². The molecule has 6 heteroatoms. The molecule has 1 atom stereocenters. The van der Waals surface area contributed by atoms with Crippen molar-refractivity contribution in [3.05, 3.63) is 11.0 Å². The van der Waals surface area contributed by atoms with E-state index in [-0.39, 0.29) is 23.8 Å². The standard InChI is InChI=1S/C14H25N3O2S/c1-10(2)13(18)16-7-8-17(11(3)9-16)14(19)12(20)5-6-15-4/h5,10-11,15,20H,6-9H2,1-4H3/b12-5-. The molecular weight excluding hydrogens is 274 g/mol. The normalized spacial score (nSPS) is 20.5. The van der Waals surface area contributed by atoms with E-state index in [2.05, 4.69) is 17.9 Å². The van der Waals surface area contributed by atoms with Crippen molar-refractivity contribution in [3.8, 4) is 0 Å². The lowest BCUT2D eigenvalue weighted by Gasteiger charge is -2.40. The zero-order valence-corrected chi connectivity index (χ0v) is 13.6. The lowest BCUT2D eigenvalue weighted by Crippen LogP contribution is -2.56. The highest BCUT2D eigenvalue weighted by molar-refractivity contribution is 7.85. The lowest BCUT2D eigenvalue weighted by atomic mass is 10.1. The average molecular weight is 299 g/mol. The molecule has 114 valence electrons. The van der Waals surface area contributed by atoms with E-state index in [1.54, 1.807) is 11.0 Å². The monoisotopic (exact) mass is 299 g/mol. The smallest absolute Gasteiger partial charge is 0.260 e. The molecule has 1 unspecified atom stereocenters. The van der Waals surface area contributed by atoms with Gasteiger partial charge in [-0.25, -0.2) is 0 Å². The minimum absolute atomic E-state index is 0.000385. The summed E-state index contributed by atoms with van der Waals surface area (Å²) >= 11 is 4.25. The van der Waals surface area contributed by atoms with Crippen LogP contribution in [0.3, 0.4) is 0 Å². The van der Waals surface area contributed by atoms with Crippen LogP contribution in [-0.2, 0) is 9.59 Å². The molecule has 0 aromatic carbocycles. The van der Waals surface area contributed by atoms with E-state index >= 15 is 0 Å². The Morgan fingerprint density at radius 1 is 1.40 bits per heavy atom. The maximum Gasteiger partial charge on any atom is 0.260 e. The van der Waals surface area contributed by atoms with Gasteiger partial charge in [0.15, 0.2) is 0 Å². The number of carbonyl (C=O) groups is 2. The van der Waals surface area contributed by atoms with Crippen LogP contribution in [0.25, 0.3) is 0 Å². The van der Waals surface area contributed by atoms with Crippen LogP contribution in [0.15, 0.2) is 11.0 Å². The maximum atomic E-state index is 12.3. The molecule has 2 amide bonds. The Kier molecular flexibility index (Phi) is 6.55. The number of nitrogens with one attached hydrogen (secondary N) is 1. The highest BCUT2D eigenvalue weighted by Crippen LogP contribution is 2.16. The Morgan fingerprint density at radius 3 is 2.55 bits per heavy atom. The molecule has 1 aliphatic rings. The fourth-order valence-corrected chi connectivity index (χ4v) is 2.48. The summed E-state index contributed by atoms with van der Waals surface area (Å²) in [6.07, 6.45) is 1.77. The molecule has 1 saturated heterocycles. The van der Waals surface area contributed by atoms with Crippen molar-refractivity contribution in [2.45, 2.75) is 26.8 Å². The van der Waals surface area contributed by atoms with Gasteiger partial charge in [0.1, 0.15) is 0 Å². The number of carbonyl (C=O) groups excluding carboxylic acids is 2. The number of hydrogen-bond donors (Lipinski definition) is 2. The summed E-state index contributed by atoms with van der Waals surface area (Å²) < 4.78 is 0. The van der Waals surface area contributed by atoms with Crippen molar-refractivity contribution in [1.29, 1.82) is 0 Å². The maximum absolute atomic E-state index is 12.3. The third-order valence-electron chi connectivity index (χ3n) is 3.41. The van der Waals surface area contributed by atoms with Gasteiger partial charge in [-0.2, -0.15) is 0 Å². The number of piperazine rings is 1. The minimum Gasteiger partial charge on any atom is -0.339 e. The van der Waals surface area contributed by atoms with Gasteiger partial charge in [0.2, 0.25) is 5.91 Å². The molecule has 20 heavy (non-hydrogen) atoms. The SMILES string of the molecule is CNC/C=C(\S)C(=O)N1CCN(C(=O)C(C)C)CC1C. The summed E-state index contributed by atoms with van der Waals surface area (Å²) in [5, 5.41) is 2.95. The summed E-state index contributed by atoms with van der Waals surface area (Å²) in [6.45, 7) is 8.14. The summed E-state index contributed by atoms with van der Waals surface area (Å²) in [5.41, 5.74) is 0. The molecule has 1 rings (SSSR count). The molecule has 0 radical (unpaired) electrons. The van der Waals surface area contributed by atoms with Crippen LogP contribution < -0.4 is 5.32 Å². The molecular formula is C14H25N3O2S. The summed E-state index contributed by atoms with van der Waals surface area (Å²) in [6, 6.07) is 0.0177. The quantitative estimate of drug-likeness (QED) is 0.594. The molecule has 0 aliphatic carbocycles. The van der Waals surface area contributed by atoms with Gasteiger partial charge in [0.05, 0.1) is 4.91 Å². The highest BCUT2D eigenvalue weighted by atomic mass is 32.1. The first kappa shape index (κ1) is 17.0. The van der Waals surface area contributed by atoms with Gasteiger partial charge in [-0.05, 0) is 14.0 Å². The molecule has 0 bridgehead atoms. The Balaban J connectivity index is 2.65. The Labute approximate surface area is 126 Å². The zero-order valence-electron chi connectivity index (χ0n) is 12.7. The van der Waals surface area contributed by atoms with Crippen LogP contribution >= 0.6 is 12.6 Å². The Bertz CT molecular complexity index is 396. The molecule has 0 aromatic rings. The molecule has 0 spiro atoms. The van der Waals surface area contributed by atoms with Gasteiger partial charge in [-0.3, -0.25) is 9.59 Å². The molecule has 1 N–H and O–H groups in total. The topological polar surface area (TPSA) is 52.7 Å². The predicted molar refractivity (Wildman–Crippen MR) is 83.6 cm³/mol. The molecule has 1 aliphatic heterocycles. The van der Waals surface area contributed by atoms with Crippen molar-refractivity contribution in [1.82, 2.24) is 15.1 Å². The number of amides is 2. The number of hydrogen-bond acceptors (Lipinski definition) is 4. The number of likely N-dealkylation sites (N-methyl/N-ethyl adjacent to an activating group) is 1. The fourth-order valence-electron chi connectivity index (χ4n) is 2.26. The van der Waals surface area contributed by atoms with Gasteiger partial charge < -0.3 is 15.1 Å². The molecule has 5 nitrogen and oxygen atoms in total. The van der Waals surface area contributed by atoms with Crippen molar-refractivity contribution >= 4 is 24.4 Å². The van der Waals surface area contributed by atoms with Gasteiger partial charge in [-0.15, -0.1) is 12.6 Å². The Hall–Kier alpha value is -1.01. The first-order valence-electron chi connectivity index (χ1n) is 7.02. The van der Waals surface area contributed by atoms with Crippen LogP contribution in [0.4, 0.5) is 0 Å². The van der Waals surface area contributed by atoms with Crippen LogP contribution in [0.1, 0.15) is 20.8 Å². The fraction of sp³-hybridized carbons (Fsp3) is 0.714. The predicted octanol–water partition coefficient (Wildman–Crippen LogP) is 0.735. The summed E-state index contributed by atoms with van der Waals surface area (Å²) in [4.78, 5) is 28.3. The Morgan fingerprint density at radius 2 is 2.05 bits per heavy atom. The number of nitrogens with zero attached hydrogens (tertiary/aromatic N) is 2. The van der Waals surface area contributed by atoms with Crippen LogP contribution in [0.5, 0.6) is 0 Å². The lowest BCUT2D eigenvalue weighted by molar-refractivity contribution is -0.142. The number of thiol groups is 1. The second kappa shape index (κ2) is 7.69. The molecule has 0 aromatic heterocycles. The first-order chi connectivity index (χ1) is 9.38. The van der Waals surface area contributed by atoms with Crippen molar-refractivity contribution in [2.75, 3.05) is 33.2 Å². The van der Waals surface area contributed by atoms with Gasteiger partial charge in [-0.1, -0.05) is 19.9 Å². The highest BCUT2D eigenvalue weighted by Gasteiger charge is 2.30. The van der Waals surface area contributed by atoms with Crippen molar-refractivity contribution < 1.29 is 9.59 Å². The van der Waals surface area contributed by atoms with E-state index < -0.39 is 0 Å². The van der Waals surface area contributed by atoms with Crippen LogP contribution in [-0.4, -0.2) is 60.9 Å². The van der Waals surface area contributed by atoms with E-state index in [9.17, 15) is 9.59 Å². The minimum atomic E-state index is -0.0623. The second-order valence-electron chi connectivity index (χ2n) is 5.43. The second-order valence-corrected chi connectivity index (χ2v) is 5.92. The van der Waals surface area contributed by atoms with Gasteiger partial charge in [0, 0.05) is 38.1 Å². The van der Waals surface area contributed by atoms with Crippen LogP contribution in [0, 0.1) is 5.92 Å².